The third-order valence-electron chi connectivity index (χ3n) is 6.10. The monoisotopic (exact) mass is 438 g/mol. The van der Waals surface area contributed by atoms with Crippen molar-refractivity contribution in [3.8, 4) is 5.69 Å². The Bertz CT molecular complexity index is 1380. The number of nitrogens with zero attached hydrogens (tertiary/aromatic N) is 3. The molecular formula is C27H26N4O2. The maximum absolute atomic E-state index is 13.6. The summed E-state index contributed by atoms with van der Waals surface area (Å²) in [7, 11) is 0. The highest BCUT2D eigenvalue weighted by Crippen LogP contribution is 2.24. The van der Waals surface area contributed by atoms with E-state index in [2.05, 4.69) is 10.2 Å². The lowest BCUT2D eigenvalue weighted by Crippen LogP contribution is -2.30. The van der Waals surface area contributed by atoms with Gasteiger partial charge in [-0.3, -0.25) is 9.59 Å². The maximum atomic E-state index is 13.6. The molecule has 1 aromatic heterocycles. The molecule has 6 heteroatoms. The van der Waals surface area contributed by atoms with E-state index in [4.69, 9.17) is 4.98 Å². The second-order valence-electron chi connectivity index (χ2n) is 8.63. The van der Waals surface area contributed by atoms with Crippen molar-refractivity contribution in [2.45, 2.75) is 26.7 Å². The van der Waals surface area contributed by atoms with E-state index in [0.29, 0.717) is 22.4 Å². The first kappa shape index (κ1) is 20.9. The SMILES string of the molecule is Cc1ccc(NC(=O)c2ccc3c(=O)n(-c4ccc(C)cc4)c(N4CCCC4)nc3c2)cc1. The van der Waals surface area contributed by atoms with Crippen molar-refractivity contribution in [2.75, 3.05) is 23.3 Å². The minimum atomic E-state index is -0.229. The minimum Gasteiger partial charge on any atom is -0.342 e. The van der Waals surface area contributed by atoms with Gasteiger partial charge in [0.15, 0.2) is 0 Å². The third kappa shape index (κ3) is 4.12. The van der Waals surface area contributed by atoms with Gasteiger partial charge in [0.25, 0.3) is 11.5 Å². The molecule has 1 aliphatic heterocycles. The van der Waals surface area contributed by atoms with E-state index in [1.165, 1.54) is 0 Å². The zero-order valence-corrected chi connectivity index (χ0v) is 18.8. The minimum absolute atomic E-state index is 0.128. The Hall–Kier alpha value is -3.93. The number of hydrogen-bond acceptors (Lipinski definition) is 4. The number of nitrogens with one attached hydrogen (secondary N) is 1. The average Bonchev–Trinajstić information content (AvgIpc) is 3.36. The molecule has 0 atom stereocenters. The summed E-state index contributed by atoms with van der Waals surface area (Å²) in [5, 5.41) is 3.41. The fraction of sp³-hybridized carbons (Fsp3) is 0.222. The normalized spacial score (nSPS) is 13.5. The number of fused-ring (bicyclic) bond motifs is 1. The first-order chi connectivity index (χ1) is 16.0. The Kier molecular flexibility index (Phi) is 5.42. The van der Waals surface area contributed by atoms with E-state index < -0.39 is 0 Å². The van der Waals surface area contributed by atoms with Crippen LogP contribution in [0.25, 0.3) is 16.6 Å². The van der Waals surface area contributed by atoms with E-state index in [-0.39, 0.29) is 11.5 Å². The van der Waals surface area contributed by atoms with Gasteiger partial charge >= 0.3 is 0 Å². The summed E-state index contributed by atoms with van der Waals surface area (Å²) in [4.78, 5) is 33.5. The molecule has 0 saturated carbocycles. The first-order valence-electron chi connectivity index (χ1n) is 11.3. The molecule has 1 amide bonds. The number of carbonyl (C=O) groups is 1. The van der Waals surface area contributed by atoms with Crippen LogP contribution in [0.1, 0.15) is 34.3 Å². The van der Waals surface area contributed by atoms with Gasteiger partial charge in [-0.25, -0.2) is 9.55 Å². The van der Waals surface area contributed by atoms with Gasteiger partial charge in [-0.05, 0) is 69.2 Å². The molecule has 0 aliphatic carbocycles. The summed E-state index contributed by atoms with van der Waals surface area (Å²) in [6, 6.07) is 20.6. The molecule has 166 valence electrons. The number of rotatable bonds is 4. The number of anilines is 2. The van der Waals surface area contributed by atoms with E-state index in [0.717, 1.165) is 48.4 Å². The van der Waals surface area contributed by atoms with Crippen molar-refractivity contribution in [2.24, 2.45) is 0 Å². The molecule has 5 rings (SSSR count). The molecule has 0 spiro atoms. The topological polar surface area (TPSA) is 67.2 Å². The first-order valence-corrected chi connectivity index (χ1v) is 11.3. The molecule has 1 aliphatic rings. The Morgan fingerprint density at radius 3 is 2.18 bits per heavy atom. The lowest BCUT2D eigenvalue weighted by Gasteiger charge is -2.22. The lowest BCUT2D eigenvalue weighted by molar-refractivity contribution is 0.102. The molecule has 1 fully saturated rings. The van der Waals surface area contributed by atoms with Crippen LogP contribution in [0, 0.1) is 13.8 Å². The number of aromatic nitrogens is 2. The van der Waals surface area contributed by atoms with Crippen molar-refractivity contribution in [3.63, 3.8) is 0 Å². The van der Waals surface area contributed by atoms with E-state index >= 15 is 0 Å². The second kappa shape index (κ2) is 8.54. The highest BCUT2D eigenvalue weighted by molar-refractivity contribution is 6.06. The number of amides is 1. The fourth-order valence-corrected chi connectivity index (χ4v) is 4.21. The Morgan fingerprint density at radius 1 is 0.879 bits per heavy atom. The largest absolute Gasteiger partial charge is 0.342 e. The molecule has 33 heavy (non-hydrogen) atoms. The Labute approximate surface area is 192 Å². The molecule has 0 bridgehead atoms. The summed E-state index contributed by atoms with van der Waals surface area (Å²) < 4.78 is 1.69. The molecule has 6 nitrogen and oxygen atoms in total. The standard InChI is InChI=1S/C27H26N4O2/c1-18-5-10-21(11-6-18)28-25(32)20-9-14-23-24(17-20)29-27(30-15-3-4-16-30)31(26(23)33)22-12-7-19(2)8-13-22/h5-14,17H,3-4,15-16H2,1-2H3,(H,28,32). The second-order valence-corrected chi connectivity index (χ2v) is 8.63. The van der Waals surface area contributed by atoms with Gasteiger partial charge in [0, 0.05) is 24.3 Å². The molecule has 3 aromatic carbocycles. The summed E-state index contributed by atoms with van der Waals surface area (Å²) in [5.41, 5.74) is 4.65. The van der Waals surface area contributed by atoms with Gasteiger partial charge < -0.3 is 10.2 Å². The van der Waals surface area contributed by atoms with Crippen molar-refractivity contribution in [1.29, 1.82) is 0 Å². The summed E-state index contributed by atoms with van der Waals surface area (Å²) in [6.45, 7) is 5.74. The van der Waals surface area contributed by atoms with Gasteiger partial charge in [-0.2, -0.15) is 0 Å². The number of hydrogen-bond donors (Lipinski definition) is 1. The number of carbonyl (C=O) groups excluding carboxylic acids is 1. The van der Waals surface area contributed by atoms with Crippen LogP contribution in [0.15, 0.2) is 71.5 Å². The fourth-order valence-electron chi connectivity index (χ4n) is 4.21. The molecular weight excluding hydrogens is 412 g/mol. The Balaban J connectivity index is 1.59. The zero-order chi connectivity index (χ0) is 22.9. The third-order valence-corrected chi connectivity index (χ3v) is 6.10. The van der Waals surface area contributed by atoms with E-state index in [1.54, 1.807) is 22.8 Å². The lowest BCUT2D eigenvalue weighted by atomic mass is 10.1. The van der Waals surface area contributed by atoms with Gasteiger partial charge in [-0.1, -0.05) is 35.4 Å². The average molecular weight is 439 g/mol. The van der Waals surface area contributed by atoms with Crippen molar-refractivity contribution >= 4 is 28.4 Å². The van der Waals surface area contributed by atoms with E-state index in [9.17, 15) is 9.59 Å². The zero-order valence-electron chi connectivity index (χ0n) is 18.8. The van der Waals surface area contributed by atoms with Crippen molar-refractivity contribution < 1.29 is 4.79 Å². The number of benzene rings is 3. The smallest absolute Gasteiger partial charge is 0.267 e. The van der Waals surface area contributed by atoms with Crippen LogP contribution in [0.3, 0.4) is 0 Å². The molecule has 0 radical (unpaired) electrons. The Morgan fingerprint density at radius 2 is 1.52 bits per heavy atom. The van der Waals surface area contributed by atoms with Crippen LogP contribution in [0.2, 0.25) is 0 Å². The highest BCUT2D eigenvalue weighted by Gasteiger charge is 2.21. The maximum Gasteiger partial charge on any atom is 0.267 e. The van der Waals surface area contributed by atoms with Crippen LogP contribution >= 0.6 is 0 Å². The highest BCUT2D eigenvalue weighted by atomic mass is 16.1. The van der Waals surface area contributed by atoms with E-state index in [1.807, 2.05) is 62.4 Å². The summed E-state index contributed by atoms with van der Waals surface area (Å²) >= 11 is 0. The number of aryl methyl sites for hydroxylation is 2. The van der Waals surface area contributed by atoms with Crippen molar-refractivity contribution in [1.82, 2.24) is 9.55 Å². The molecule has 4 aromatic rings. The van der Waals surface area contributed by atoms with Crippen LogP contribution in [0.4, 0.5) is 11.6 Å². The van der Waals surface area contributed by atoms with Gasteiger partial charge in [0.05, 0.1) is 16.6 Å². The van der Waals surface area contributed by atoms with Gasteiger partial charge in [-0.15, -0.1) is 0 Å². The molecule has 2 heterocycles. The van der Waals surface area contributed by atoms with Crippen LogP contribution in [-0.2, 0) is 0 Å². The predicted octanol–water partition coefficient (Wildman–Crippen LogP) is 4.86. The van der Waals surface area contributed by atoms with Crippen molar-refractivity contribution in [3.05, 3.63) is 93.8 Å². The molecule has 1 saturated heterocycles. The van der Waals surface area contributed by atoms with Crippen LogP contribution in [-0.4, -0.2) is 28.5 Å². The quantitative estimate of drug-likeness (QED) is 0.494. The summed E-state index contributed by atoms with van der Waals surface area (Å²) in [6.07, 6.45) is 2.14. The molecule has 0 unspecified atom stereocenters. The predicted molar refractivity (Wildman–Crippen MR) is 133 cm³/mol. The van der Waals surface area contributed by atoms with Crippen LogP contribution < -0.4 is 15.8 Å². The van der Waals surface area contributed by atoms with Gasteiger partial charge in [0.1, 0.15) is 0 Å². The van der Waals surface area contributed by atoms with Gasteiger partial charge in [0.2, 0.25) is 5.95 Å². The summed E-state index contributed by atoms with van der Waals surface area (Å²) in [5.74, 6) is 0.401. The molecule has 1 N–H and O–H groups in total. The van der Waals surface area contributed by atoms with Crippen LogP contribution in [0.5, 0.6) is 0 Å².